The second kappa shape index (κ2) is 4.41. The van der Waals surface area contributed by atoms with Crippen molar-refractivity contribution >= 4 is 18.6 Å². The molecule has 0 atom stereocenters. The van der Waals surface area contributed by atoms with Crippen LogP contribution in [0.2, 0.25) is 0 Å². The third-order valence-corrected chi connectivity index (χ3v) is 1.84. The highest BCUT2D eigenvalue weighted by molar-refractivity contribution is 7.80. The van der Waals surface area contributed by atoms with Crippen LogP contribution >= 0.6 is 12.6 Å². The Morgan fingerprint density at radius 2 is 2.14 bits per heavy atom. The molecule has 5 heteroatoms. The Labute approximate surface area is 85.3 Å². The van der Waals surface area contributed by atoms with Crippen LogP contribution in [-0.4, -0.2) is 12.6 Å². The first kappa shape index (κ1) is 11.0. The molecule has 0 amide bonds. The first-order chi connectivity index (χ1) is 6.56. The largest absolute Gasteiger partial charge is 0.462 e. The summed E-state index contributed by atoms with van der Waals surface area (Å²) in [6, 6.07) is 1.67. The van der Waals surface area contributed by atoms with Gasteiger partial charge in [0.15, 0.2) is 5.82 Å². The number of hydrogen-bond donors (Lipinski definition) is 1. The first-order valence-electron chi connectivity index (χ1n) is 3.91. The molecule has 0 heterocycles. The van der Waals surface area contributed by atoms with Crippen LogP contribution in [0.3, 0.4) is 0 Å². The molecule has 1 aromatic rings. The van der Waals surface area contributed by atoms with Gasteiger partial charge in [-0.1, -0.05) is 0 Å². The number of thiol groups is 1. The van der Waals surface area contributed by atoms with E-state index in [-0.39, 0.29) is 11.5 Å². The van der Waals surface area contributed by atoms with Crippen LogP contribution in [0.5, 0.6) is 0 Å². The Hall–Kier alpha value is -1.10. The van der Waals surface area contributed by atoms with Gasteiger partial charge in [0, 0.05) is 4.90 Å². The molecule has 0 aliphatic carbocycles. The number of benzene rings is 1. The Morgan fingerprint density at radius 3 is 2.71 bits per heavy atom. The molecule has 0 aromatic heterocycles. The lowest BCUT2D eigenvalue weighted by Gasteiger charge is -2.04. The van der Waals surface area contributed by atoms with Crippen molar-refractivity contribution in [3.05, 3.63) is 29.3 Å². The maximum atomic E-state index is 13.2. The average Bonchev–Trinajstić information content (AvgIpc) is 2.11. The van der Waals surface area contributed by atoms with Crippen LogP contribution < -0.4 is 0 Å². The van der Waals surface area contributed by atoms with Gasteiger partial charge < -0.3 is 4.74 Å². The van der Waals surface area contributed by atoms with Crippen molar-refractivity contribution in [2.75, 3.05) is 6.61 Å². The van der Waals surface area contributed by atoms with Crippen LogP contribution in [-0.2, 0) is 4.74 Å². The zero-order chi connectivity index (χ0) is 10.7. The number of ether oxygens (including phenoxy) is 1. The number of esters is 1. The summed E-state index contributed by atoms with van der Waals surface area (Å²) in [6.45, 7) is 1.69. The summed E-state index contributed by atoms with van der Waals surface area (Å²) in [5.41, 5.74) is -0.433. The van der Waals surface area contributed by atoms with E-state index in [9.17, 15) is 13.6 Å². The molecule has 1 rings (SSSR count). The molecule has 14 heavy (non-hydrogen) atoms. The van der Waals surface area contributed by atoms with Crippen LogP contribution in [0.25, 0.3) is 0 Å². The fraction of sp³-hybridized carbons (Fsp3) is 0.222. The summed E-state index contributed by atoms with van der Waals surface area (Å²) >= 11 is 3.68. The standard InChI is InChI=1S/C9H8F2O2S/c1-2-13-9(12)6-3-5(10)4-7(14)8(6)11/h3-4,14H,2H2,1H3. The van der Waals surface area contributed by atoms with Crippen LogP contribution in [0.1, 0.15) is 17.3 Å². The van der Waals surface area contributed by atoms with E-state index in [1.165, 1.54) is 0 Å². The SMILES string of the molecule is CCOC(=O)c1cc(F)cc(S)c1F. The zero-order valence-corrected chi connectivity index (χ0v) is 8.28. The predicted molar refractivity (Wildman–Crippen MR) is 49.6 cm³/mol. The molecule has 0 N–H and O–H groups in total. The van der Waals surface area contributed by atoms with Gasteiger partial charge in [0.25, 0.3) is 0 Å². The van der Waals surface area contributed by atoms with Gasteiger partial charge >= 0.3 is 5.97 Å². The molecular weight excluding hydrogens is 210 g/mol. The Bertz CT molecular complexity index is 366. The number of halogens is 2. The summed E-state index contributed by atoms with van der Waals surface area (Å²) in [5.74, 6) is -2.48. The highest BCUT2D eigenvalue weighted by atomic mass is 32.1. The van der Waals surface area contributed by atoms with Gasteiger partial charge in [-0.3, -0.25) is 0 Å². The Kier molecular flexibility index (Phi) is 3.46. The molecule has 0 spiro atoms. The molecule has 0 radical (unpaired) electrons. The number of carbonyl (C=O) groups is 1. The lowest BCUT2D eigenvalue weighted by Crippen LogP contribution is -2.08. The summed E-state index contributed by atoms with van der Waals surface area (Å²) in [5, 5.41) is 0. The maximum absolute atomic E-state index is 13.2. The van der Waals surface area contributed by atoms with Crippen LogP contribution in [0, 0.1) is 11.6 Å². The van der Waals surface area contributed by atoms with E-state index in [0.717, 1.165) is 12.1 Å². The molecule has 0 bridgehead atoms. The van der Waals surface area contributed by atoms with Gasteiger partial charge in [-0.2, -0.15) is 0 Å². The van der Waals surface area contributed by atoms with E-state index in [1.54, 1.807) is 6.92 Å². The van der Waals surface area contributed by atoms with Crippen molar-refractivity contribution in [1.29, 1.82) is 0 Å². The smallest absolute Gasteiger partial charge is 0.341 e. The highest BCUT2D eigenvalue weighted by Crippen LogP contribution is 2.19. The average molecular weight is 218 g/mol. The Balaban J connectivity index is 3.13. The van der Waals surface area contributed by atoms with Crippen molar-refractivity contribution in [1.82, 2.24) is 0 Å². The molecule has 1 aromatic carbocycles. The molecular formula is C9H8F2O2S. The number of hydrogen-bond acceptors (Lipinski definition) is 3. The van der Waals surface area contributed by atoms with E-state index in [0.29, 0.717) is 0 Å². The highest BCUT2D eigenvalue weighted by Gasteiger charge is 2.16. The molecule has 0 aliphatic rings. The molecule has 2 nitrogen and oxygen atoms in total. The van der Waals surface area contributed by atoms with Crippen molar-refractivity contribution in [2.45, 2.75) is 11.8 Å². The topological polar surface area (TPSA) is 26.3 Å². The zero-order valence-electron chi connectivity index (χ0n) is 7.38. The molecule has 76 valence electrons. The van der Waals surface area contributed by atoms with Gasteiger partial charge in [-0.25, -0.2) is 13.6 Å². The lowest BCUT2D eigenvalue weighted by molar-refractivity contribution is 0.0519. The lowest BCUT2D eigenvalue weighted by atomic mass is 10.2. The van der Waals surface area contributed by atoms with Crippen molar-refractivity contribution < 1.29 is 18.3 Å². The van der Waals surface area contributed by atoms with Gasteiger partial charge in [-0.05, 0) is 19.1 Å². The second-order valence-corrected chi connectivity index (χ2v) is 2.99. The maximum Gasteiger partial charge on any atom is 0.341 e. The third kappa shape index (κ3) is 2.23. The van der Waals surface area contributed by atoms with Crippen molar-refractivity contribution in [3.63, 3.8) is 0 Å². The van der Waals surface area contributed by atoms with Crippen molar-refractivity contribution in [3.8, 4) is 0 Å². The number of carbonyl (C=O) groups excluding carboxylic acids is 1. The van der Waals surface area contributed by atoms with Crippen molar-refractivity contribution in [2.24, 2.45) is 0 Å². The first-order valence-corrected chi connectivity index (χ1v) is 4.36. The van der Waals surface area contributed by atoms with E-state index < -0.39 is 23.2 Å². The molecule has 0 fully saturated rings. The second-order valence-electron chi connectivity index (χ2n) is 2.51. The van der Waals surface area contributed by atoms with E-state index >= 15 is 0 Å². The van der Waals surface area contributed by atoms with Gasteiger partial charge in [0.2, 0.25) is 0 Å². The third-order valence-electron chi connectivity index (χ3n) is 1.51. The molecule has 0 saturated carbocycles. The van der Waals surface area contributed by atoms with Crippen LogP contribution in [0.15, 0.2) is 17.0 Å². The predicted octanol–water partition coefficient (Wildman–Crippen LogP) is 2.43. The van der Waals surface area contributed by atoms with Gasteiger partial charge in [0.05, 0.1) is 12.2 Å². The summed E-state index contributed by atoms with van der Waals surface area (Å²) < 4.78 is 30.5. The summed E-state index contributed by atoms with van der Waals surface area (Å²) in [7, 11) is 0. The minimum atomic E-state index is -0.889. The quantitative estimate of drug-likeness (QED) is 0.609. The Morgan fingerprint density at radius 1 is 1.50 bits per heavy atom. The molecule has 0 saturated heterocycles. The monoisotopic (exact) mass is 218 g/mol. The molecule has 0 unspecified atom stereocenters. The summed E-state index contributed by atoms with van der Waals surface area (Å²) in [4.78, 5) is 10.9. The minimum Gasteiger partial charge on any atom is -0.462 e. The van der Waals surface area contributed by atoms with Gasteiger partial charge in [0.1, 0.15) is 5.82 Å². The normalized spacial score (nSPS) is 10.0. The fourth-order valence-corrected chi connectivity index (χ4v) is 1.18. The van der Waals surface area contributed by atoms with E-state index in [2.05, 4.69) is 17.4 Å². The van der Waals surface area contributed by atoms with Crippen LogP contribution in [0.4, 0.5) is 8.78 Å². The minimum absolute atomic E-state index is 0.108. The number of rotatable bonds is 2. The van der Waals surface area contributed by atoms with E-state index in [4.69, 9.17) is 0 Å². The van der Waals surface area contributed by atoms with Gasteiger partial charge in [-0.15, -0.1) is 12.6 Å². The summed E-state index contributed by atoms with van der Waals surface area (Å²) in [6.07, 6.45) is 0. The fourth-order valence-electron chi connectivity index (χ4n) is 0.932. The van der Waals surface area contributed by atoms with E-state index in [1.807, 2.05) is 0 Å². The molecule has 0 aliphatic heterocycles.